The second-order valence-electron chi connectivity index (χ2n) is 1.56. The number of rotatable bonds is 1. The quantitative estimate of drug-likeness (QED) is 0.619. The molecule has 0 spiro atoms. The van der Waals surface area contributed by atoms with E-state index in [1.54, 1.807) is 6.20 Å². The lowest BCUT2D eigenvalue weighted by Crippen LogP contribution is -1.84. The number of nitrogens with two attached hydrogens (primary N) is 1. The molecule has 0 bridgehead atoms. The minimum atomic E-state index is 0.831. The van der Waals surface area contributed by atoms with Gasteiger partial charge >= 0.3 is 0 Å². The van der Waals surface area contributed by atoms with E-state index in [1.165, 1.54) is 16.4 Å². The molecular formula is C5H8N2S. The van der Waals surface area contributed by atoms with E-state index in [0.29, 0.717) is 0 Å². The maximum atomic E-state index is 5.50. The summed E-state index contributed by atoms with van der Waals surface area (Å²) in [6, 6.07) is 0. The first-order valence-corrected chi connectivity index (χ1v) is 3.31. The molecule has 3 heteroatoms. The number of hydrogen-bond donors (Lipinski definition) is 1. The molecule has 2 nitrogen and oxygen atoms in total. The fraction of sp³-hybridized carbons (Fsp3) is 0.400. The highest BCUT2D eigenvalue weighted by molar-refractivity contribution is 7.06. The number of anilines is 1. The molecule has 0 saturated heterocycles. The van der Waals surface area contributed by atoms with Crippen LogP contribution in [-0.2, 0) is 6.42 Å². The van der Waals surface area contributed by atoms with E-state index >= 15 is 0 Å². The largest absolute Gasteiger partial charge is 0.397 e. The molecule has 0 amide bonds. The van der Waals surface area contributed by atoms with Crippen molar-refractivity contribution in [3.05, 3.63) is 11.1 Å². The SMILES string of the molecule is CCc1sncc1N. The number of aryl methyl sites for hydroxylation is 1. The molecule has 0 saturated carbocycles. The first-order valence-electron chi connectivity index (χ1n) is 2.53. The molecule has 44 valence electrons. The Labute approximate surface area is 52.5 Å². The van der Waals surface area contributed by atoms with Gasteiger partial charge in [0.25, 0.3) is 0 Å². The summed E-state index contributed by atoms with van der Waals surface area (Å²) in [6.07, 6.45) is 2.69. The minimum Gasteiger partial charge on any atom is -0.397 e. The van der Waals surface area contributed by atoms with Crippen molar-refractivity contribution in [3.63, 3.8) is 0 Å². The smallest absolute Gasteiger partial charge is 0.0659 e. The van der Waals surface area contributed by atoms with Crippen LogP contribution in [0.25, 0.3) is 0 Å². The fourth-order valence-electron chi connectivity index (χ4n) is 0.540. The predicted molar refractivity (Wildman–Crippen MR) is 35.9 cm³/mol. The first-order chi connectivity index (χ1) is 3.84. The zero-order chi connectivity index (χ0) is 5.98. The Kier molecular flexibility index (Phi) is 1.48. The Morgan fingerprint density at radius 2 is 2.62 bits per heavy atom. The Balaban J connectivity index is 2.92. The highest BCUT2D eigenvalue weighted by atomic mass is 32.1. The molecule has 0 radical (unpaired) electrons. The van der Waals surface area contributed by atoms with Gasteiger partial charge in [-0.3, -0.25) is 0 Å². The van der Waals surface area contributed by atoms with E-state index in [0.717, 1.165) is 12.1 Å². The maximum absolute atomic E-state index is 5.50. The van der Waals surface area contributed by atoms with Crippen LogP contribution in [0.1, 0.15) is 11.8 Å². The Morgan fingerprint density at radius 3 is 2.88 bits per heavy atom. The van der Waals surface area contributed by atoms with Crippen LogP contribution in [0.3, 0.4) is 0 Å². The summed E-state index contributed by atoms with van der Waals surface area (Å²) in [7, 11) is 0. The topological polar surface area (TPSA) is 38.9 Å². The molecule has 2 N–H and O–H groups in total. The lowest BCUT2D eigenvalue weighted by atomic mass is 10.3. The van der Waals surface area contributed by atoms with E-state index in [-0.39, 0.29) is 0 Å². The summed E-state index contributed by atoms with van der Waals surface area (Å²) in [5.74, 6) is 0. The zero-order valence-electron chi connectivity index (χ0n) is 4.72. The van der Waals surface area contributed by atoms with Gasteiger partial charge in [0.05, 0.1) is 11.9 Å². The standard InChI is InChI=1S/C5H8N2S/c1-2-5-4(6)3-7-8-5/h3H,2,6H2,1H3. The third-order valence-corrected chi connectivity index (χ3v) is 1.95. The summed E-state index contributed by atoms with van der Waals surface area (Å²) >= 11 is 1.47. The second-order valence-corrected chi connectivity index (χ2v) is 2.44. The third-order valence-electron chi connectivity index (χ3n) is 0.998. The van der Waals surface area contributed by atoms with Crippen molar-refractivity contribution in [1.29, 1.82) is 0 Å². The third kappa shape index (κ3) is 0.816. The van der Waals surface area contributed by atoms with Crippen LogP contribution < -0.4 is 5.73 Å². The molecular weight excluding hydrogens is 120 g/mol. The van der Waals surface area contributed by atoms with Crippen molar-refractivity contribution >= 4 is 17.2 Å². The van der Waals surface area contributed by atoms with Crippen LogP contribution in [0.4, 0.5) is 5.69 Å². The first kappa shape index (κ1) is 5.56. The second kappa shape index (κ2) is 2.13. The summed E-state index contributed by atoms with van der Waals surface area (Å²) in [6.45, 7) is 2.07. The van der Waals surface area contributed by atoms with E-state index in [1.807, 2.05) is 0 Å². The molecule has 0 aliphatic carbocycles. The van der Waals surface area contributed by atoms with E-state index < -0.39 is 0 Å². The summed E-state index contributed by atoms with van der Waals surface area (Å²) in [4.78, 5) is 1.19. The molecule has 0 unspecified atom stereocenters. The fourth-order valence-corrected chi connectivity index (χ4v) is 1.12. The van der Waals surface area contributed by atoms with Crippen LogP contribution in [0.15, 0.2) is 6.20 Å². The minimum absolute atomic E-state index is 0.831. The van der Waals surface area contributed by atoms with Gasteiger partial charge in [0.15, 0.2) is 0 Å². The molecule has 1 heterocycles. The van der Waals surface area contributed by atoms with Crippen molar-refractivity contribution in [2.75, 3.05) is 5.73 Å². The highest BCUT2D eigenvalue weighted by Gasteiger charge is 1.95. The Bertz CT molecular complexity index is 171. The molecule has 0 aromatic carbocycles. The van der Waals surface area contributed by atoms with Crippen molar-refractivity contribution in [2.24, 2.45) is 0 Å². The van der Waals surface area contributed by atoms with E-state index in [2.05, 4.69) is 11.3 Å². The van der Waals surface area contributed by atoms with Gasteiger partial charge in [-0.25, -0.2) is 0 Å². The number of nitrogen functional groups attached to an aromatic ring is 1. The van der Waals surface area contributed by atoms with Crippen LogP contribution in [-0.4, -0.2) is 4.37 Å². The normalized spacial score (nSPS) is 9.62. The average Bonchev–Trinajstić information content (AvgIpc) is 2.14. The molecule has 0 aliphatic rings. The van der Waals surface area contributed by atoms with Gasteiger partial charge in [-0.05, 0) is 18.0 Å². The van der Waals surface area contributed by atoms with Gasteiger partial charge in [0.2, 0.25) is 0 Å². The zero-order valence-corrected chi connectivity index (χ0v) is 5.53. The average molecular weight is 128 g/mol. The molecule has 1 rings (SSSR count). The number of aromatic nitrogens is 1. The van der Waals surface area contributed by atoms with Crippen LogP contribution in [0.5, 0.6) is 0 Å². The van der Waals surface area contributed by atoms with Gasteiger partial charge in [0.1, 0.15) is 0 Å². The number of hydrogen-bond acceptors (Lipinski definition) is 3. The maximum Gasteiger partial charge on any atom is 0.0659 e. The van der Waals surface area contributed by atoms with Crippen molar-refractivity contribution < 1.29 is 0 Å². The van der Waals surface area contributed by atoms with Crippen molar-refractivity contribution in [2.45, 2.75) is 13.3 Å². The van der Waals surface area contributed by atoms with Crippen LogP contribution >= 0.6 is 11.5 Å². The van der Waals surface area contributed by atoms with Crippen LogP contribution in [0, 0.1) is 0 Å². The lowest BCUT2D eigenvalue weighted by Gasteiger charge is -1.85. The molecule has 1 aromatic heterocycles. The monoisotopic (exact) mass is 128 g/mol. The molecule has 0 aliphatic heterocycles. The van der Waals surface area contributed by atoms with Gasteiger partial charge < -0.3 is 5.73 Å². The Hall–Kier alpha value is -0.570. The molecule has 0 fully saturated rings. The van der Waals surface area contributed by atoms with Gasteiger partial charge in [-0.15, -0.1) is 0 Å². The molecule has 1 aromatic rings. The van der Waals surface area contributed by atoms with Crippen LogP contribution in [0.2, 0.25) is 0 Å². The molecule has 0 atom stereocenters. The van der Waals surface area contributed by atoms with Gasteiger partial charge in [0, 0.05) is 4.88 Å². The van der Waals surface area contributed by atoms with Crippen molar-refractivity contribution in [1.82, 2.24) is 4.37 Å². The summed E-state index contributed by atoms with van der Waals surface area (Å²) in [5, 5.41) is 0. The predicted octanol–water partition coefficient (Wildman–Crippen LogP) is 1.29. The Morgan fingerprint density at radius 1 is 1.88 bits per heavy atom. The highest BCUT2D eigenvalue weighted by Crippen LogP contribution is 2.14. The number of nitrogens with zero attached hydrogens (tertiary/aromatic N) is 1. The lowest BCUT2D eigenvalue weighted by molar-refractivity contribution is 1.19. The van der Waals surface area contributed by atoms with E-state index in [9.17, 15) is 0 Å². The van der Waals surface area contributed by atoms with Crippen molar-refractivity contribution in [3.8, 4) is 0 Å². The van der Waals surface area contributed by atoms with E-state index in [4.69, 9.17) is 5.73 Å². The summed E-state index contributed by atoms with van der Waals surface area (Å²) in [5.41, 5.74) is 6.33. The van der Waals surface area contributed by atoms with Gasteiger partial charge in [-0.1, -0.05) is 6.92 Å². The van der Waals surface area contributed by atoms with Gasteiger partial charge in [-0.2, -0.15) is 4.37 Å². The summed E-state index contributed by atoms with van der Waals surface area (Å²) < 4.78 is 3.91. The molecule has 8 heavy (non-hydrogen) atoms.